The van der Waals surface area contributed by atoms with Crippen molar-refractivity contribution in [2.24, 2.45) is 0 Å². The first-order valence-electron chi connectivity index (χ1n) is 6.81. The minimum atomic E-state index is -4.54. The first-order valence-corrected chi connectivity index (χ1v) is 6.81. The summed E-state index contributed by atoms with van der Waals surface area (Å²) < 4.78 is 44.5. The molecule has 5 nitrogen and oxygen atoms in total. The summed E-state index contributed by atoms with van der Waals surface area (Å²) in [6, 6.07) is 2.37. The highest BCUT2D eigenvalue weighted by Gasteiger charge is 2.31. The van der Waals surface area contributed by atoms with Crippen LogP contribution in [-0.2, 0) is 10.9 Å². The maximum absolute atomic E-state index is 12.8. The van der Waals surface area contributed by atoms with Gasteiger partial charge in [0, 0.05) is 19.3 Å². The highest BCUT2D eigenvalue weighted by molar-refractivity contribution is 5.78. The number of benzene rings is 1. The van der Waals surface area contributed by atoms with Crippen LogP contribution in [0, 0.1) is 0 Å². The Hall–Kier alpha value is -2.09. The maximum Gasteiger partial charge on any atom is 0.416 e. The number of fused-ring (bicyclic) bond motifs is 1. The molecule has 1 fully saturated rings. The number of H-pyrrole nitrogens is 1. The fourth-order valence-corrected chi connectivity index (χ4v) is 2.68. The molecule has 0 bridgehead atoms. The predicted molar refractivity (Wildman–Crippen MR) is 72.9 cm³/mol. The summed E-state index contributed by atoms with van der Waals surface area (Å²) >= 11 is 0. The van der Waals surface area contributed by atoms with Crippen LogP contribution in [-0.4, -0.2) is 22.8 Å². The Morgan fingerprint density at radius 1 is 1.18 bits per heavy atom. The second-order valence-corrected chi connectivity index (χ2v) is 5.21. The van der Waals surface area contributed by atoms with Crippen molar-refractivity contribution in [1.29, 1.82) is 0 Å². The van der Waals surface area contributed by atoms with Crippen molar-refractivity contribution in [3.8, 4) is 0 Å². The second kappa shape index (κ2) is 5.28. The zero-order chi connectivity index (χ0) is 15.9. The van der Waals surface area contributed by atoms with Crippen LogP contribution < -0.4 is 11.2 Å². The first kappa shape index (κ1) is 14.8. The molecule has 0 aliphatic carbocycles. The largest absolute Gasteiger partial charge is 0.416 e. The molecule has 0 radical (unpaired) electrons. The van der Waals surface area contributed by atoms with Gasteiger partial charge in [-0.3, -0.25) is 9.36 Å². The van der Waals surface area contributed by atoms with Gasteiger partial charge in [-0.1, -0.05) is 0 Å². The molecule has 0 unspecified atom stereocenters. The topological polar surface area (TPSA) is 64.1 Å². The Bertz CT molecular complexity index is 817. The summed E-state index contributed by atoms with van der Waals surface area (Å²) in [5.74, 6) is 0. The van der Waals surface area contributed by atoms with E-state index < -0.39 is 23.0 Å². The second-order valence-electron chi connectivity index (χ2n) is 5.21. The van der Waals surface area contributed by atoms with Gasteiger partial charge >= 0.3 is 11.9 Å². The van der Waals surface area contributed by atoms with E-state index in [0.717, 1.165) is 22.8 Å². The molecule has 22 heavy (non-hydrogen) atoms. The molecule has 118 valence electrons. The summed E-state index contributed by atoms with van der Waals surface area (Å²) in [7, 11) is 0. The average Bonchev–Trinajstić information content (AvgIpc) is 2.47. The molecule has 2 heterocycles. The molecule has 2 aromatic rings. The van der Waals surface area contributed by atoms with Crippen LogP contribution in [0.25, 0.3) is 10.9 Å². The van der Waals surface area contributed by atoms with Crippen LogP contribution in [0.1, 0.15) is 24.4 Å². The normalized spacial score (nSPS) is 17.0. The van der Waals surface area contributed by atoms with Gasteiger partial charge in [-0.25, -0.2) is 4.79 Å². The number of aromatic amines is 1. The van der Waals surface area contributed by atoms with Gasteiger partial charge in [0.05, 0.1) is 16.5 Å². The van der Waals surface area contributed by atoms with Crippen molar-refractivity contribution in [3.63, 3.8) is 0 Å². The molecule has 0 atom stereocenters. The molecular weight excluding hydrogens is 301 g/mol. The van der Waals surface area contributed by atoms with Gasteiger partial charge in [-0.15, -0.1) is 0 Å². The lowest BCUT2D eigenvalue weighted by Crippen LogP contribution is -2.40. The minimum absolute atomic E-state index is 0.103. The Morgan fingerprint density at radius 3 is 2.50 bits per heavy atom. The van der Waals surface area contributed by atoms with Gasteiger partial charge in [0.15, 0.2) is 0 Å². The van der Waals surface area contributed by atoms with E-state index in [-0.39, 0.29) is 16.9 Å². The standard InChI is InChI=1S/C14H13F3N2O3/c15-14(16,17)8-1-2-11-10(7-8)12(20)19(13(21)18-11)9-3-5-22-6-4-9/h1-2,7,9H,3-6H2,(H,18,21). The van der Waals surface area contributed by atoms with Gasteiger partial charge in [-0.05, 0) is 31.0 Å². The Kier molecular flexibility index (Phi) is 3.56. The van der Waals surface area contributed by atoms with Crippen LogP contribution >= 0.6 is 0 Å². The van der Waals surface area contributed by atoms with Gasteiger partial charge in [-0.2, -0.15) is 13.2 Å². The van der Waals surface area contributed by atoms with Crippen LogP contribution in [0.15, 0.2) is 27.8 Å². The van der Waals surface area contributed by atoms with Crippen LogP contribution in [0.5, 0.6) is 0 Å². The molecule has 8 heteroatoms. The maximum atomic E-state index is 12.8. The van der Waals surface area contributed by atoms with E-state index in [4.69, 9.17) is 4.74 Å². The number of ether oxygens (including phenoxy) is 1. The number of alkyl halides is 3. The van der Waals surface area contributed by atoms with E-state index in [2.05, 4.69) is 4.98 Å². The van der Waals surface area contributed by atoms with E-state index in [1.165, 1.54) is 0 Å². The number of rotatable bonds is 1. The van der Waals surface area contributed by atoms with Crippen molar-refractivity contribution in [2.75, 3.05) is 13.2 Å². The summed E-state index contributed by atoms with van der Waals surface area (Å²) in [4.78, 5) is 27.0. The molecule has 0 spiro atoms. The number of hydrogen-bond donors (Lipinski definition) is 1. The van der Waals surface area contributed by atoms with E-state index >= 15 is 0 Å². The van der Waals surface area contributed by atoms with Crippen molar-refractivity contribution >= 4 is 10.9 Å². The summed E-state index contributed by atoms with van der Waals surface area (Å²) in [5.41, 5.74) is -2.12. The van der Waals surface area contributed by atoms with Gasteiger partial charge in [0.2, 0.25) is 0 Å². The monoisotopic (exact) mass is 314 g/mol. The summed E-state index contributed by atoms with van der Waals surface area (Å²) in [6.45, 7) is 0.828. The highest BCUT2D eigenvalue weighted by atomic mass is 19.4. The SMILES string of the molecule is O=c1[nH]c2ccc(C(F)(F)F)cc2c(=O)n1C1CCOCC1. The predicted octanol–water partition coefficient (Wildman–Crippen LogP) is 2.06. The number of nitrogens with zero attached hydrogens (tertiary/aromatic N) is 1. The van der Waals surface area contributed by atoms with Crippen LogP contribution in [0.4, 0.5) is 13.2 Å². The zero-order valence-electron chi connectivity index (χ0n) is 11.4. The fourth-order valence-electron chi connectivity index (χ4n) is 2.68. The average molecular weight is 314 g/mol. The third-order valence-corrected chi connectivity index (χ3v) is 3.81. The zero-order valence-corrected chi connectivity index (χ0v) is 11.4. The Labute approximate surface area is 122 Å². The number of halogens is 3. The van der Waals surface area contributed by atoms with Crippen molar-refractivity contribution in [3.05, 3.63) is 44.6 Å². The van der Waals surface area contributed by atoms with E-state index in [1.807, 2.05) is 0 Å². The van der Waals surface area contributed by atoms with Crippen molar-refractivity contribution in [2.45, 2.75) is 25.1 Å². The Balaban J connectivity index is 2.21. The van der Waals surface area contributed by atoms with Crippen LogP contribution in [0.2, 0.25) is 0 Å². The van der Waals surface area contributed by atoms with Crippen molar-refractivity contribution in [1.82, 2.24) is 9.55 Å². The smallest absolute Gasteiger partial charge is 0.381 e. The molecule has 1 aromatic carbocycles. The van der Waals surface area contributed by atoms with Crippen molar-refractivity contribution < 1.29 is 17.9 Å². The third-order valence-electron chi connectivity index (χ3n) is 3.81. The molecule has 1 aromatic heterocycles. The van der Waals surface area contributed by atoms with Crippen LogP contribution in [0.3, 0.4) is 0 Å². The Morgan fingerprint density at radius 2 is 1.86 bits per heavy atom. The molecule has 0 amide bonds. The molecule has 0 saturated carbocycles. The fraction of sp³-hybridized carbons (Fsp3) is 0.429. The minimum Gasteiger partial charge on any atom is -0.381 e. The molecule has 3 rings (SSSR count). The molecular formula is C14H13F3N2O3. The van der Waals surface area contributed by atoms with Gasteiger partial charge in [0.1, 0.15) is 0 Å². The summed E-state index contributed by atoms with van der Waals surface area (Å²) in [6.07, 6.45) is -3.58. The molecule has 1 aliphatic heterocycles. The quantitative estimate of drug-likeness (QED) is 0.876. The first-order chi connectivity index (χ1) is 10.4. The lowest BCUT2D eigenvalue weighted by atomic mass is 10.1. The molecule has 1 aliphatic rings. The van der Waals surface area contributed by atoms with E-state index in [9.17, 15) is 22.8 Å². The van der Waals surface area contributed by atoms with E-state index in [1.54, 1.807) is 0 Å². The summed E-state index contributed by atoms with van der Waals surface area (Å²) in [5, 5.41) is -0.138. The number of nitrogens with one attached hydrogen (secondary N) is 1. The van der Waals surface area contributed by atoms with Gasteiger partial charge in [0.25, 0.3) is 5.56 Å². The lowest BCUT2D eigenvalue weighted by molar-refractivity contribution is -0.137. The highest BCUT2D eigenvalue weighted by Crippen LogP contribution is 2.30. The molecule has 1 saturated heterocycles. The lowest BCUT2D eigenvalue weighted by Gasteiger charge is -2.23. The van der Waals surface area contributed by atoms with Gasteiger partial charge < -0.3 is 9.72 Å². The van der Waals surface area contributed by atoms with E-state index in [0.29, 0.717) is 26.1 Å². The molecule has 1 N–H and O–H groups in total. The third kappa shape index (κ3) is 2.54. The number of aromatic nitrogens is 2. The number of hydrogen-bond acceptors (Lipinski definition) is 3.